The van der Waals surface area contributed by atoms with Crippen LogP contribution in [0.5, 0.6) is 0 Å². The number of hydrogen-bond donors (Lipinski definition) is 0. The maximum absolute atomic E-state index is 13.2. The number of amides is 1. The van der Waals surface area contributed by atoms with E-state index in [9.17, 15) is 22.4 Å². The molecule has 0 unspecified atom stereocenters. The first kappa shape index (κ1) is 22.0. The molecule has 4 rings (SSSR count). The summed E-state index contributed by atoms with van der Waals surface area (Å²) in [5.41, 5.74) is 1.20. The van der Waals surface area contributed by atoms with Crippen LogP contribution in [0.3, 0.4) is 0 Å². The lowest BCUT2D eigenvalue weighted by Crippen LogP contribution is -2.37. The number of carbonyl (C=O) groups is 1. The SMILES string of the molecule is O=C(c1cccs1)N(Cc1ccc(C(F)(F)F)cc1)C[C@H]1CC(c2ccc(F)cc2)=NO1. The fourth-order valence-electron chi connectivity index (χ4n) is 3.38. The van der Waals surface area contributed by atoms with Crippen LogP contribution < -0.4 is 0 Å². The number of carbonyl (C=O) groups excluding carboxylic acids is 1. The van der Waals surface area contributed by atoms with Crippen molar-refractivity contribution >= 4 is 23.0 Å². The van der Waals surface area contributed by atoms with Gasteiger partial charge in [0.2, 0.25) is 0 Å². The van der Waals surface area contributed by atoms with Crippen molar-refractivity contribution in [2.45, 2.75) is 25.2 Å². The van der Waals surface area contributed by atoms with Crippen LogP contribution in [0.4, 0.5) is 17.6 Å². The number of nitrogens with zero attached hydrogens (tertiary/aromatic N) is 2. The van der Waals surface area contributed by atoms with Crippen molar-refractivity contribution in [1.82, 2.24) is 4.90 Å². The van der Waals surface area contributed by atoms with Crippen LogP contribution in [-0.4, -0.2) is 29.2 Å². The normalized spacial score (nSPS) is 15.9. The molecule has 0 spiro atoms. The van der Waals surface area contributed by atoms with Gasteiger partial charge in [-0.1, -0.05) is 35.5 Å². The summed E-state index contributed by atoms with van der Waals surface area (Å²) in [4.78, 5) is 20.6. The molecular formula is C23H18F4N2O2S. The highest BCUT2D eigenvalue weighted by Crippen LogP contribution is 2.29. The summed E-state index contributed by atoms with van der Waals surface area (Å²) in [7, 11) is 0. The van der Waals surface area contributed by atoms with E-state index in [0.717, 1.165) is 17.7 Å². The molecular weight excluding hydrogens is 444 g/mol. The molecule has 1 aliphatic heterocycles. The number of halogens is 4. The molecule has 3 aromatic rings. The van der Waals surface area contributed by atoms with Crippen molar-refractivity contribution in [3.05, 3.63) is 93.4 Å². The van der Waals surface area contributed by atoms with E-state index in [-0.39, 0.29) is 24.8 Å². The molecule has 0 radical (unpaired) electrons. The highest BCUT2D eigenvalue weighted by Gasteiger charge is 2.31. The van der Waals surface area contributed by atoms with Gasteiger partial charge in [0.15, 0.2) is 6.10 Å². The minimum absolute atomic E-state index is 0.126. The second kappa shape index (κ2) is 9.12. The van der Waals surface area contributed by atoms with Crippen molar-refractivity contribution in [1.29, 1.82) is 0 Å². The third kappa shape index (κ3) is 5.16. The quantitative estimate of drug-likeness (QED) is 0.439. The lowest BCUT2D eigenvalue weighted by Gasteiger charge is -2.24. The second-order valence-corrected chi connectivity index (χ2v) is 8.28. The Bertz CT molecular complexity index is 1090. The molecule has 0 saturated carbocycles. The van der Waals surface area contributed by atoms with Crippen LogP contribution >= 0.6 is 11.3 Å². The van der Waals surface area contributed by atoms with Crippen LogP contribution in [0.25, 0.3) is 0 Å². The summed E-state index contributed by atoms with van der Waals surface area (Å²) < 4.78 is 51.7. The summed E-state index contributed by atoms with van der Waals surface area (Å²) in [5.74, 6) is -0.590. The van der Waals surface area contributed by atoms with Crippen molar-refractivity contribution in [2.75, 3.05) is 6.54 Å². The van der Waals surface area contributed by atoms with E-state index in [1.54, 1.807) is 34.5 Å². The zero-order valence-electron chi connectivity index (χ0n) is 16.7. The lowest BCUT2D eigenvalue weighted by molar-refractivity contribution is -0.137. The fourth-order valence-corrected chi connectivity index (χ4v) is 4.07. The Kier molecular flexibility index (Phi) is 6.27. The van der Waals surface area contributed by atoms with Crippen LogP contribution in [0.15, 0.2) is 71.2 Å². The number of benzene rings is 2. The summed E-state index contributed by atoms with van der Waals surface area (Å²) in [6, 6.07) is 14.1. The smallest absolute Gasteiger partial charge is 0.390 e. The van der Waals surface area contributed by atoms with Gasteiger partial charge in [-0.25, -0.2) is 4.39 Å². The molecule has 1 aliphatic rings. The molecule has 0 bridgehead atoms. The van der Waals surface area contributed by atoms with Gasteiger partial charge < -0.3 is 9.74 Å². The monoisotopic (exact) mass is 462 g/mol. The highest BCUT2D eigenvalue weighted by atomic mass is 32.1. The number of thiophene rings is 1. The molecule has 0 fully saturated rings. The Hall–Kier alpha value is -3.20. The first-order valence-electron chi connectivity index (χ1n) is 9.77. The minimum Gasteiger partial charge on any atom is -0.390 e. The third-order valence-electron chi connectivity index (χ3n) is 5.01. The third-order valence-corrected chi connectivity index (χ3v) is 5.87. The molecule has 1 atom stereocenters. The maximum Gasteiger partial charge on any atom is 0.416 e. The Morgan fingerprint density at radius 3 is 2.44 bits per heavy atom. The molecule has 166 valence electrons. The van der Waals surface area contributed by atoms with Crippen LogP contribution in [0.1, 0.15) is 32.8 Å². The van der Waals surface area contributed by atoms with Crippen LogP contribution in [-0.2, 0) is 17.6 Å². The molecule has 0 N–H and O–H groups in total. The number of alkyl halides is 3. The van der Waals surface area contributed by atoms with Gasteiger partial charge in [0.05, 0.1) is 22.7 Å². The Morgan fingerprint density at radius 2 is 1.81 bits per heavy atom. The van der Waals surface area contributed by atoms with Gasteiger partial charge in [0.1, 0.15) is 5.82 Å². The predicted molar refractivity (Wildman–Crippen MR) is 113 cm³/mol. The van der Waals surface area contributed by atoms with Crippen molar-refractivity contribution in [2.24, 2.45) is 5.16 Å². The van der Waals surface area contributed by atoms with Gasteiger partial charge in [-0.15, -0.1) is 11.3 Å². The van der Waals surface area contributed by atoms with E-state index in [4.69, 9.17) is 4.84 Å². The maximum atomic E-state index is 13.2. The van der Waals surface area contributed by atoms with E-state index >= 15 is 0 Å². The molecule has 0 saturated heterocycles. The summed E-state index contributed by atoms with van der Waals surface area (Å²) in [5, 5.41) is 5.85. The van der Waals surface area contributed by atoms with Gasteiger partial charge in [0.25, 0.3) is 5.91 Å². The fraction of sp³-hybridized carbons (Fsp3) is 0.217. The number of hydrogen-bond acceptors (Lipinski definition) is 4. The largest absolute Gasteiger partial charge is 0.416 e. The number of rotatable bonds is 6. The van der Waals surface area contributed by atoms with Gasteiger partial charge in [-0.2, -0.15) is 13.2 Å². The molecule has 9 heteroatoms. The van der Waals surface area contributed by atoms with E-state index in [2.05, 4.69) is 5.16 Å². The van der Waals surface area contributed by atoms with Gasteiger partial charge >= 0.3 is 6.18 Å². The van der Waals surface area contributed by atoms with E-state index in [1.807, 2.05) is 0 Å². The second-order valence-electron chi connectivity index (χ2n) is 7.33. The van der Waals surface area contributed by atoms with Crippen LogP contribution in [0, 0.1) is 5.82 Å². The topological polar surface area (TPSA) is 41.9 Å². The van der Waals surface area contributed by atoms with Crippen molar-refractivity contribution < 1.29 is 27.2 Å². The Labute approximate surface area is 185 Å². The molecule has 1 amide bonds. The van der Waals surface area contributed by atoms with Crippen molar-refractivity contribution in [3.8, 4) is 0 Å². The zero-order chi connectivity index (χ0) is 22.7. The minimum atomic E-state index is -4.42. The van der Waals surface area contributed by atoms with Gasteiger partial charge in [0, 0.05) is 13.0 Å². The molecule has 0 aliphatic carbocycles. The van der Waals surface area contributed by atoms with Gasteiger partial charge in [-0.3, -0.25) is 4.79 Å². The van der Waals surface area contributed by atoms with Gasteiger partial charge in [-0.05, 0) is 46.8 Å². The average molecular weight is 462 g/mol. The first-order valence-corrected chi connectivity index (χ1v) is 10.6. The first-order chi connectivity index (χ1) is 15.3. The molecule has 4 nitrogen and oxygen atoms in total. The predicted octanol–water partition coefficient (Wildman–Crippen LogP) is 5.74. The Balaban J connectivity index is 1.48. The molecule has 32 heavy (non-hydrogen) atoms. The zero-order valence-corrected chi connectivity index (χ0v) is 17.5. The molecule has 2 aromatic carbocycles. The van der Waals surface area contributed by atoms with E-state index < -0.39 is 17.8 Å². The highest BCUT2D eigenvalue weighted by molar-refractivity contribution is 7.12. The van der Waals surface area contributed by atoms with E-state index in [1.165, 1.54) is 35.6 Å². The number of oxime groups is 1. The van der Waals surface area contributed by atoms with E-state index in [0.29, 0.717) is 22.6 Å². The molecule has 2 heterocycles. The summed E-state index contributed by atoms with van der Waals surface area (Å²) in [6.45, 7) is 0.326. The Morgan fingerprint density at radius 1 is 1.09 bits per heavy atom. The lowest BCUT2D eigenvalue weighted by atomic mass is 10.0. The average Bonchev–Trinajstić information content (AvgIpc) is 3.46. The summed E-state index contributed by atoms with van der Waals surface area (Å²) >= 11 is 1.29. The van der Waals surface area contributed by atoms with Crippen molar-refractivity contribution in [3.63, 3.8) is 0 Å². The summed E-state index contributed by atoms with van der Waals surface area (Å²) in [6.07, 6.45) is -4.42. The molecule has 1 aromatic heterocycles. The standard InChI is InChI=1S/C23H18F4N2O2S/c24-18-9-5-16(6-10-18)20-12-19(31-28-20)14-29(22(30)21-2-1-11-32-21)13-15-3-7-17(8-4-15)23(25,26)27/h1-11,19H,12-14H2/t19-/m1/s1. The van der Waals surface area contributed by atoms with Crippen LogP contribution in [0.2, 0.25) is 0 Å².